The van der Waals surface area contributed by atoms with E-state index in [9.17, 15) is 4.79 Å². The Labute approximate surface area is 117 Å². The normalized spacial score (nSPS) is 10.2. The van der Waals surface area contributed by atoms with Crippen molar-refractivity contribution in [1.82, 2.24) is 15.2 Å². The number of thiophene rings is 1. The lowest BCUT2D eigenvalue weighted by molar-refractivity contribution is 0.206. The van der Waals surface area contributed by atoms with Gasteiger partial charge in [-0.3, -0.25) is 4.98 Å². The molecule has 2 heterocycles. The van der Waals surface area contributed by atoms with E-state index in [0.29, 0.717) is 13.1 Å². The van der Waals surface area contributed by atoms with Gasteiger partial charge < -0.3 is 10.2 Å². The molecule has 0 fully saturated rings. The number of pyridine rings is 1. The molecule has 1 N–H and O–H groups in total. The first-order chi connectivity index (χ1) is 9.16. The third kappa shape index (κ3) is 3.79. The number of hydrogen-bond acceptors (Lipinski definition) is 3. The Morgan fingerprint density at radius 2 is 2.26 bits per heavy atom. The summed E-state index contributed by atoms with van der Waals surface area (Å²) in [6, 6.07) is 7.64. The molecule has 0 atom stereocenters. The maximum atomic E-state index is 11.9. The van der Waals surface area contributed by atoms with Gasteiger partial charge in [0.2, 0.25) is 0 Å². The van der Waals surface area contributed by atoms with Gasteiger partial charge in [-0.1, -0.05) is 6.07 Å². The summed E-state index contributed by atoms with van der Waals surface area (Å²) in [5, 5.41) is 4.91. The van der Waals surface area contributed by atoms with Crippen molar-refractivity contribution in [3.05, 3.63) is 52.0 Å². The molecule has 0 unspecified atom stereocenters. The van der Waals surface area contributed by atoms with E-state index in [1.54, 1.807) is 29.5 Å². The van der Waals surface area contributed by atoms with E-state index in [1.807, 2.05) is 23.6 Å². The largest absolute Gasteiger partial charge is 0.332 e. The van der Waals surface area contributed by atoms with Crippen LogP contribution in [0.2, 0.25) is 0 Å². The maximum absolute atomic E-state index is 11.9. The van der Waals surface area contributed by atoms with Gasteiger partial charge in [0.1, 0.15) is 0 Å². The van der Waals surface area contributed by atoms with Crippen LogP contribution in [0.15, 0.2) is 35.8 Å². The first-order valence-electron chi connectivity index (χ1n) is 6.08. The second-order valence-corrected chi connectivity index (χ2v) is 5.36. The highest BCUT2D eigenvalue weighted by molar-refractivity contribution is 7.10. The molecule has 4 nitrogen and oxygen atoms in total. The maximum Gasteiger partial charge on any atom is 0.317 e. The van der Waals surface area contributed by atoms with Crippen LogP contribution in [0.25, 0.3) is 0 Å². The lowest BCUT2D eigenvalue weighted by Crippen LogP contribution is -2.36. The Morgan fingerprint density at radius 1 is 1.42 bits per heavy atom. The zero-order valence-electron chi connectivity index (χ0n) is 11.1. The fraction of sp³-hybridized carbons (Fsp3) is 0.286. The molecule has 5 heteroatoms. The van der Waals surface area contributed by atoms with Crippen LogP contribution in [-0.2, 0) is 13.1 Å². The summed E-state index contributed by atoms with van der Waals surface area (Å²) in [6.45, 7) is 3.15. The van der Waals surface area contributed by atoms with Crippen LogP contribution < -0.4 is 5.32 Å². The summed E-state index contributed by atoms with van der Waals surface area (Å²) >= 11 is 1.68. The zero-order chi connectivity index (χ0) is 13.7. The summed E-state index contributed by atoms with van der Waals surface area (Å²) in [7, 11) is 1.80. The number of nitrogens with zero attached hydrogens (tertiary/aromatic N) is 2. The number of rotatable bonds is 4. The van der Waals surface area contributed by atoms with Crippen molar-refractivity contribution < 1.29 is 4.79 Å². The average Bonchev–Trinajstić information content (AvgIpc) is 2.82. The SMILES string of the molecule is Cc1ccsc1CN(C)C(=O)NCc1ccccn1. The number of carbonyl (C=O) groups is 1. The number of amides is 2. The molecule has 0 aromatic carbocycles. The number of carbonyl (C=O) groups excluding carboxylic acids is 1. The van der Waals surface area contributed by atoms with Crippen LogP contribution in [0.3, 0.4) is 0 Å². The van der Waals surface area contributed by atoms with Crippen molar-refractivity contribution in [3.8, 4) is 0 Å². The van der Waals surface area contributed by atoms with Gasteiger partial charge in [-0.25, -0.2) is 4.79 Å². The van der Waals surface area contributed by atoms with Crippen LogP contribution in [0.4, 0.5) is 4.79 Å². The molecule has 0 radical (unpaired) electrons. The minimum Gasteiger partial charge on any atom is -0.332 e. The van der Waals surface area contributed by atoms with E-state index >= 15 is 0 Å². The van der Waals surface area contributed by atoms with Gasteiger partial charge in [-0.2, -0.15) is 0 Å². The minimum atomic E-state index is -0.0848. The number of hydrogen-bond donors (Lipinski definition) is 1. The van der Waals surface area contributed by atoms with Gasteiger partial charge in [0.25, 0.3) is 0 Å². The second kappa shape index (κ2) is 6.33. The summed E-state index contributed by atoms with van der Waals surface area (Å²) in [5.41, 5.74) is 2.09. The minimum absolute atomic E-state index is 0.0848. The number of nitrogens with one attached hydrogen (secondary N) is 1. The van der Waals surface area contributed by atoms with E-state index in [2.05, 4.69) is 23.3 Å². The Balaban J connectivity index is 1.84. The summed E-state index contributed by atoms with van der Waals surface area (Å²) in [5.74, 6) is 0. The first-order valence-corrected chi connectivity index (χ1v) is 6.96. The van der Waals surface area contributed by atoms with E-state index in [4.69, 9.17) is 0 Å². The zero-order valence-corrected chi connectivity index (χ0v) is 11.9. The van der Waals surface area contributed by atoms with Gasteiger partial charge in [0.15, 0.2) is 0 Å². The molecule has 2 amide bonds. The molecule has 0 aliphatic rings. The van der Waals surface area contributed by atoms with Gasteiger partial charge in [-0.15, -0.1) is 11.3 Å². The van der Waals surface area contributed by atoms with Gasteiger partial charge >= 0.3 is 6.03 Å². The topological polar surface area (TPSA) is 45.2 Å². The van der Waals surface area contributed by atoms with Crippen molar-refractivity contribution in [3.63, 3.8) is 0 Å². The molecule has 100 valence electrons. The summed E-state index contributed by atoms with van der Waals surface area (Å²) < 4.78 is 0. The monoisotopic (exact) mass is 275 g/mol. The molecule has 0 aliphatic heterocycles. The van der Waals surface area contributed by atoms with Crippen LogP contribution in [0.1, 0.15) is 16.1 Å². The Bertz CT molecular complexity index is 539. The Kier molecular flexibility index (Phi) is 4.52. The fourth-order valence-electron chi connectivity index (χ4n) is 1.66. The number of urea groups is 1. The average molecular weight is 275 g/mol. The predicted octanol–water partition coefficient (Wildman–Crippen LogP) is 2.79. The standard InChI is InChI=1S/C14H17N3OS/c1-11-6-8-19-13(11)10-17(2)14(18)16-9-12-5-3-4-7-15-12/h3-8H,9-10H2,1-2H3,(H,16,18). The molecule has 2 aromatic rings. The third-order valence-corrected chi connectivity index (χ3v) is 3.85. The highest BCUT2D eigenvalue weighted by Crippen LogP contribution is 2.17. The molecule has 2 aromatic heterocycles. The van der Waals surface area contributed by atoms with E-state index in [0.717, 1.165) is 5.69 Å². The van der Waals surface area contributed by atoms with Gasteiger partial charge in [0.05, 0.1) is 18.8 Å². The van der Waals surface area contributed by atoms with Crippen LogP contribution in [-0.4, -0.2) is 23.0 Å². The van der Waals surface area contributed by atoms with Crippen molar-refractivity contribution >= 4 is 17.4 Å². The van der Waals surface area contributed by atoms with E-state index in [1.165, 1.54) is 10.4 Å². The molecule has 0 aliphatic carbocycles. The molecule has 0 spiro atoms. The van der Waals surface area contributed by atoms with Crippen LogP contribution in [0.5, 0.6) is 0 Å². The highest BCUT2D eigenvalue weighted by atomic mass is 32.1. The van der Waals surface area contributed by atoms with Crippen LogP contribution >= 0.6 is 11.3 Å². The number of aryl methyl sites for hydroxylation is 1. The van der Waals surface area contributed by atoms with Crippen molar-refractivity contribution in [2.75, 3.05) is 7.05 Å². The Morgan fingerprint density at radius 3 is 2.89 bits per heavy atom. The summed E-state index contributed by atoms with van der Waals surface area (Å²) in [6.07, 6.45) is 1.72. The molecule has 0 bridgehead atoms. The molecule has 0 saturated carbocycles. The molecule has 2 rings (SSSR count). The van der Waals surface area contributed by atoms with Crippen LogP contribution in [0, 0.1) is 6.92 Å². The highest BCUT2D eigenvalue weighted by Gasteiger charge is 2.10. The smallest absolute Gasteiger partial charge is 0.317 e. The predicted molar refractivity (Wildman–Crippen MR) is 77.0 cm³/mol. The van der Waals surface area contributed by atoms with Crippen molar-refractivity contribution in [2.24, 2.45) is 0 Å². The van der Waals surface area contributed by atoms with Crippen molar-refractivity contribution in [1.29, 1.82) is 0 Å². The summed E-state index contributed by atoms with van der Waals surface area (Å²) in [4.78, 5) is 19.0. The molecule has 0 saturated heterocycles. The van der Waals surface area contributed by atoms with E-state index in [-0.39, 0.29) is 6.03 Å². The molecular formula is C14H17N3OS. The molecular weight excluding hydrogens is 258 g/mol. The Hall–Kier alpha value is -1.88. The van der Waals surface area contributed by atoms with E-state index < -0.39 is 0 Å². The fourth-order valence-corrected chi connectivity index (χ4v) is 2.62. The lowest BCUT2D eigenvalue weighted by Gasteiger charge is -2.17. The van der Waals surface area contributed by atoms with Crippen molar-refractivity contribution in [2.45, 2.75) is 20.0 Å². The second-order valence-electron chi connectivity index (χ2n) is 4.36. The third-order valence-electron chi connectivity index (χ3n) is 2.84. The quantitative estimate of drug-likeness (QED) is 0.932. The van der Waals surface area contributed by atoms with Gasteiger partial charge in [0, 0.05) is 18.1 Å². The lowest BCUT2D eigenvalue weighted by atomic mass is 10.3. The molecule has 19 heavy (non-hydrogen) atoms. The number of aromatic nitrogens is 1. The van der Waals surface area contributed by atoms with Gasteiger partial charge in [-0.05, 0) is 36.1 Å². The first kappa shape index (κ1) is 13.5.